The molecule has 5 heteroatoms. The van der Waals surface area contributed by atoms with Crippen LogP contribution in [0.25, 0.3) is 0 Å². The molecule has 0 saturated heterocycles. The number of methoxy groups -OCH3 is 1. The third-order valence-electron chi connectivity index (χ3n) is 2.28. The molecule has 0 bridgehead atoms. The van der Waals surface area contributed by atoms with Gasteiger partial charge in [0.1, 0.15) is 0 Å². The lowest BCUT2D eigenvalue weighted by Gasteiger charge is -2.04. The minimum absolute atomic E-state index is 0.145. The maximum atomic E-state index is 5.98. The molecule has 2 rings (SSSR count). The number of anilines is 1. The number of hydrogen-bond acceptors (Lipinski definition) is 4. The molecule has 90 valence electrons. The summed E-state index contributed by atoms with van der Waals surface area (Å²) in [6, 6.07) is 1.68. The Hall–Kier alpha value is -1.57. The lowest BCUT2D eigenvalue weighted by Crippen LogP contribution is -1.94. The third kappa shape index (κ3) is 2.41. The van der Waals surface area contributed by atoms with Gasteiger partial charge in [-0.15, -0.1) is 0 Å². The molecule has 0 aromatic heterocycles. The van der Waals surface area contributed by atoms with E-state index >= 15 is 0 Å². The first-order chi connectivity index (χ1) is 8.24. The molecule has 0 radical (unpaired) electrons. The Bertz CT molecular complexity index is 491. The predicted octanol–water partition coefficient (Wildman–Crippen LogP) is 2.04. The molecule has 17 heavy (non-hydrogen) atoms. The van der Waals surface area contributed by atoms with Crippen LogP contribution in [0.1, 0.15) is 12.0 Å². The molecular formula is C12H12ClNO3. The summed E-state index contributed by atoms with van der Waals surface area (Å²) < 4.78 is 15.5. The van der Waals surface area contributed by atoms with Crippen LogP contribution in [0.2, 0.25) is 5.02 Å². The molecule has 0 spiro atoms. The van der Waals surface area contributed by atoms with Crippen molar-refractivity contribution < 1.29 is 14.2 Å². The van der Waals surface area contributed by atoms with Crippen LogP contribution in [0, 0.1) is 11.8 Å². The van der Waals surface area contributed by atoms with Crippen LogP contribution in [-0.2, 0) is 4.74 Å². The van der Waals surface area contributed by atoms with Crippen LogP contribution in [-0.4, -0.2) is 20.5 Å². The number of ether oxygens (including phenoxy) is 3. The van der Waals surface area contributed by atoms with Crippen molar-refractivity contribution in [2.45, 2.75) is 6.42 Å². The van der Waals surface area contributed by atoms with Gasteiger partial charge in [-0.1, -0.05) is 23.4 Å². The fourth-order valence-corrected chi connectivity index (χ4v) is 1.66. The number of benzene rings is 1. The van der Waals surface area contributed by atoms with Crippen molar-refractivity contribution in [3.63, 3.8) is 0 Å². The van der Waals surface area contributed by atoms with Crippen LogP contribution in [0.3, 0.4) is 0 Å². The van der Waals surface area contributed by atoms with Crippen molar-refractivity contribution in [2.75, 3.05) is 26.2 Å². The van der Waals surface area contributed by atoms with E-state index < -0.39 is 0 Å². The number of nitrogen functional groups attached to an aromatic ring is 1. The van der Waals surface area contributed by atoms with Crippen molar-refractivity contribution >= 4 is 17.3 Å². The van der Waals surface area contributed by atoms with Gasteiger partial charge in [0.05, 0.1) is 22.9 Å². The molecule has 4 nitrogen and oxygen atoms in total. The molecule has 0 unspecified atom stereocenters. The van der Waals surface area contributed by atoms with E-state index in [0.717, 1.165) is 0 Å². The zero-order chi connectivity index (χ0) is 12.3. The fraction of sp³-hybridized carbons (Fsp3) is 0.333. The highest BCUT2D eigenvalue weighted by molar-refractivity contribution is 6.33. The topological polar surface area (TPSA) is 53.7 Å². The van der Waals surface area contributed by atoms with Crippen LogP contribution in [0.15, 0.2) is 6.07 Å². The number of hydrogen-bond donors (Lipinski definition) is 1. The molecule has 1 aliphatic rings. The Morgan fingerprint density at radius 3 is 3.00 bits per heavy atom. The van der Waals surface area contributed by atoms with E-state index in [1.54, 1.807) is 13.2 Å². The van der Waals surface area contributed by atoms with Crippen LogP contribution < -0.4 is 15.2 Å². The number of nitrogens with two attached hydrogens (primary N) is 1. The predicted molar refractivity (Wildman–Crippen MR) is 65.4 cm³/mol. The minimum Gasteiger partial charge on any atom is -0.452 e. The second-order valence-electron chi connectivity index (χ2n) is 3.43. The van der Waals surface area contributed by atoms with Gasteiger partial charge in [-0.3, -0.25) is 0 Å². The molecule has 0 amide bonds. The second kappa shape index (κ2) is 5.17. The molecule has 2 N–H and O–H groups in total. The van der Waals surface area contributed by atoms with Crippen LogP contribution in [0.4, 0.5) is 5.69 Å². The summed E-state index contributed by atoms with van der Waals surface area (Å²) in [7, 11) is 1.64. The molecule has 0 fully saturated rings. The fourth-order valence-electron chi connectivity index (χ4n) is 1.46. The average molecular weight is 254 g/mol. The summed E-state index contributed by atoms with van der Waals surface area (Å²) in [5, 5.41) is 0.422. The summed E-state index contributed by atoms with van der Waals surface area (Å²) in [6.07, 6.45) is 0.647. The summed E-state index contributed by atoms with van der Waals surface area (Å²) in [5.74, 6) is 6.99. The second-order valence-corrected chi connectivity index (χ2v) is 3.84. The van der Waals surface area contributed by atoms with Crippen molar-refractivity contribution in [3.05, 3.63) is 16.7 Å². The molecule has 1 aliphatic heterocycles. The van der Waals surface area contributed by atoms with Gasteiger partial charge in [0.25, 0.3) is 0 Å². The normalized spacial score (nSPS) is 12.1. The molecule has 1 aromatic carbocycles. The van der Waals surface area contributed by atoms with Crippen molar-refractivity contribution in [2.24, 2.45) is 0 Å². The molecule has 1 aromatic rings. The van der Waals surface area contributed by atoms with Crippen molar-refractivity contribution in [1.82, 2.24) is 0 Å². The van der Waals surface area contributed by atoms with Gasteiger partial charge in [-0.25, -0.2) is 0 Å². The SMILES string of the molecule is COCCC#Cc1cc(Cl)c(N)c2c1OCO2. The van der Waals surface area contributed by atoms with Gasteiger partial charge in [0.15, 0.2) is 11.5 Å². The van der Waals surface area contributed by atoms with E-state index in [1.165, 1.54) is 0 Å². The first kappa shape index (κ1) is 11.9. The molecule has 0 saturated carbocycles. The van der Waals surface area contributed by atoms with Gasteiger partial charge in [-0.2, -0.15) is 0 Å². The number of halogens is 1. The first-order valence-electron chi connectivity index (χ1n) is 5.09. The molecule has 0 aliphatic carbocycles. The molecule has 0 atom stereocenters. The summed E-state index contributed by atoms with van der Waals surface area (Å²) >= 11 is 5.98. The van der Waals surface area contributed by atoms with Gasteiger partial charge in [-0.05, 0) is 6.07 Å². The lowest BCUT2D eigenvalue weighted by molar-refractivity contribution is 0.174. The summed E-state index contributed by atoms with van der Waals surface area (Å²) in [6.45, 7) is 0.738. The first-order valence-corrected chi connectivity index (χ1v) is 5.47. The highest BCUT2D eigenvalue weighted by Crippen LogP contribution is 2.44. The quantitative estimate of drug-likeness (QED) is 0.498. The Kier molecular flexibility index (Phi) is 3.62. The number of fused-ring (bicyclic) bond motifs is 1. The Morgan fingerprint density at radius 1 is 1.47 bits per heavy atom. The number of rotatable bonds is 2. The van der Waals surface area contributed by atoms with Crippen molar-refractivity contribution in [3.8, 4) is 23.3 Å². The van der Waals surface area contributed by atoms with Gasteiger partial charge < -0.3 is 19.9 Å². The Balaban J connectivity index is 2.31. The maximum Gasteiger partial charge on any atom is 0.231 e. The van der Waals surface area contributed by atoms with E-state index in [9.17, 15) is 0 Å². The van der Waals surface area contributed by atoms with Gasteiger partial charge in [0, 0.05) is 13.5 Å². The zero-order valence-electron chi connectivity index (χ0n) is 9.38. The van der Waals surface area contributed by atoms with E-state index in [-0.39, 0.29) is 6.79 Å². The maximum absolute atomic E-state index is 5.98. The minimum atomic E-state index is 0.145. The average Bonchev–Trinajstić information content (AvgIpc) is 2.80. The highest BCUT2D eigenvalue weighted by Gasteiger charge is 2.22. The molecular weight excluding hydrogens is 242 g/mol. The third-order valence-corrected chi connectivity index (χ3v) is 2.60. The monoisotopic (exact) mass is 253 g/mol. The van der Waals surface area contributed by atoms with E-state index in [2.05, 4.69) is 11.8 Å². The lowest BCUT2D eigenvalue weighted by atomic mass is 10.1. The zero-order valence-corrected chi connectivity index (χ0v) is 10.1. The van der Waals surface area contributed by atoms with E-state index in [0.29, 0.717) is 40.8 Å². The summed E-state index contributed by atoms with van der Waals surface area (Å²) in [4.78, 5) is 0. The van der Waals surface area contributed by atoms with Crippen LogP contribution >= 0.6 is 11.6 Å². The highest BCUT2D eigenvalue weighted by atomic mass is 35.5. The Morgan fingerprint density at radius 2 is 2.24 bits per heavy atom. The Labute approximate surface area is 105 Å². The van der Waals surface area contributed by atoms with E-state index in [4.69, 9.17) is 31.5 Å². The smallest absolute Gasteiger partial charge is 0.231 e. The van der Waals surface area contributed by atoms with E-state index in [1.807, 2.05) is 0 Å². The largest absolute Gasteiger partial charge is 0.452 e. The molecule has 1 heterocycles. The van der Waals surface area contributed by atoms with Crippen molar-refractivity contribution in [1.29, 1.82) is 0 Å². The summed E-state index contributed by atoms with van der Waals surface area (Å²) in [5.41, 5.74) is 6.85. The standard InChI is InChI=1S/C12H12ClNO3/c1-15-5-3-2-4-8-6-9(13)10(14)12-11(8)16-7-17-12/h6H,3,5,7,14H2,1H3. The van der Waals surface area contributed by atoms with Crippen LogP contribution in [0.5, 0.6) is 11.5 Å². The van der Waals surface area contributed by atoms with Gasteiger partial charge in [0.2, 0.25) is 6.79 Å². The van der Waals surface area contributed by atoms with Gasteiger partial charge >= 0.3 is 0 Å².